The van der Waals surface area contributed by atoms with Gasteiger partial charge in [0.25, 0.3) is 0 Å². The average molecular weight is 313 g/mol. The molecule has 1 heterocycles. The Kier molecular flexibility index (Phi) is 5.06. The molecule has 1 unspecified atom stereocenters. The molecule has 1 aromatic heterocycles. The highest BCUT2D eigenvalue weighted by Gasteiger charge is 2.31. The fourth-order valence-electron chi connectivity index (χ4n) is 2.31. The van der Waals surface area contributed by atoms with Crippen LogP contribution in [-0.2, 0) is 6.18 Å². The highest BCUT2D eigenvalue weighted by atomic mass is 32.1. The number of thiophene rings is 1. The molecule has 0 saturated heterocycles. The maximum atomic E-state index is 12.8. The Morgan fingerprint density at radius 2 is 2.00 bits per heavy atom. The molecule has 0 bridgehead atoms. The lowest BCUT2D eigenvalue weighted by atomic mass is 9.95. The summed E-state index contributed by atoms with van der Waals surface area (Å²) in [6, 6.07) is 5.93. The standard InChI is InChI=1S/C16H18F3NS/c1-3-7-20-15(12-6-8-21-10-12)14-5-4-13(9-11(14)2)16(17,18)19/h4-6,8-10,15,20H,3,7H2,1-2H3. The van der Waals surface area contributed by atoms with Crippen molar-refractivity contribution >= 4 is 11.3 Å². The monoisotopic (exact) mass is 313 g/mol. The summed E-state index contributed by atoms with van der Waals surface area (Å²) >= 11 is 1.59. The Balaban J connectivity index is 2.36. The van der Waals surface area contributed by atoms with Gasteiger partial charge in [0.15, 0.2) is 0 Å². The molecule has 1 aromatic carbocycles. The number of rotatable bonds is 5. The zero-order chi connectivity index (χ0) is 15.5. The first-order chi connectivity index (χ1) is 9.93. The van der Waals surface area contributed by atoms with Crippen molar-refractivity contribution in [1.82, 2.24) is 5.32 Å². The van der Waals surface area contributed by atoms with Crippen LogP contribution in [0.4, 0.5) is 13.2 Å². The van der Waals surface area contributed by atoms with Crippen molar-refractivity contribution in [2.75, 3.05) is 6.54 Å². The van der Waals surface area contributed by atoms with Gasteiger partial charge < -0.3 is 5.32 Å². The van der Waals surface area contributed by atoms with Crippen LogP contribution >= 0.6 is 11.3 Å². The molecule has 114 valence electrons. The molecule has 1 nitrogen and oxygen atoms in total. The van der Waals surface area contributed by atoms with Crippen molar-refractivity contribution in [3.63, 3.8) is 0 Å². The Morgan fingerprint density at radius 3 is 2.52 bits per heavy atom. The molecule has 2 aromatic rings. The number of nitrogens with one attached hydrogen (secondary N) is 1. The summed E-state index contributed by atoms with van der Waals surface area (Å²) in [6.07, 6.45) is -3.32. The molecule has 21 heavy (non-hydrogen) atoms. The Hall–Kier alpha value is -1.33. The molecular weight excluding hydrogens is 295 g/mol. The summed E-state index contributed by atoms with van der Waals surface area (Å²) in [5, 5.41) is 7.43. The van der Waals surface area contributed by atoms with Gasteiger partial charge in [-0.15, -0.1) is 0 Å². The normalized spacial score (nSPS) is 13.4. The van der Waals surface area contributed by atoms with E-state index < -0.39 is 11.7 Å². The van der Waals surface area contributed by atoms with Crippen molar-refractivity contribution < 1.29 is 13.2 Å². The van der Waals surface area contributed by atoms with Crippen LogP contribution in [0.25, 0.3) is 0 Å². The number of alkyl halides is 3. The predicted molar refractivity (Wildman–Crippen MR) is 80.6 cm³/mol. The summed E-state index contributed by atoms with van der Waals surface area (Å²) in [6.45, 7) is 4.62. The van der Waals surface area contributed by atoms with E-state index in [9.17, 15) is 13.2 Å². The van der Waals surface area contributed by atoms with Gasteiger partial charge in [0.2, 0.25) is 0 Å². The van der Waals surface area contributed by atoms with Gasteiger partial charge in [-0.3, -0.25) is 0 Å². The van der Waals surface area contributed by atoms with E-state index in [1.54, 1.807) is 24.3 Å². The van der Waals surface area contributed by atoms with E-state index in [-0.39, 0.29) is 6.04 Å². The highest BCUT2D eigenvalue weighted by Crippen LogP contribution is 2.33. The van der Waals surface area contributed by atoms with Gasteiger partial charge in [-0.2, -0.15) is 24.5 Å². The van der Waals surface area contributed by atoms with E-state index in [0.717, 1.165) is 30.2 Å². The lowest BCUT2D eigenvalue weighted by Crippen LogP contribution is -2.23. The SMILES string of the molecule is CCCNC(c1ccsc1)c1ccc(C(F)(F)F)cc1C. The smallest absolute Gasteiger partial charge is 0.306 e. The second-order valence-electron chi connectivity index (χ2n) is 5.01. The third kappa shape index (κ3) is 3.86. The molecule has 0 fully saturated rings. The molecule has 0 spiro atoms. The predicted octanol–water partition coefficient (Wildman–Crippen LogP) is 5.16. The van der Waals surface area contributed by atoms with Gasteiger partial charge in [0.1, 0.15) is 0 Å². The molecule has 0 aliphatic heterocycles. The van der Waals surface area contributed by atoms with E-state index in [4.69, 9.17) is 0 Å². The van der Waals surface area contributed by atoms with Crippen LogP contribution in [0.3, 0.4) is 0 Å². The highest BCUT2D eigenvalue weighted by molar-refractivity contribution is 7.08. The van der Waals surface area contributed by atoms with Gasteiger partial charge >= 0.3 is 6.18 Å². The number of aryl methyl sites for hydroxylation is 1. The lowest BCUT2D eigenvalue weighted by Gasteiger charge is -2.21. The molecule has 5 heteroatoms. The van der Waals surface area contributed by atoms with Crippen molar-refractivity contribution in [2.45, 2.75) is 32.5 Å². The van der Waals surface area contributed by atoms with Crippen LogP contribution < -0.4 is 5.32 Å². The van der Waals surface area contributed by atoms with Crippen LogP contribution in [0.15, 0.2) is 35.0 Å². The number of halogens is 3. The first kappa shape index (κ1) is 16.0. The molecule has 2 rings (SSSR count). The fraction of sp³-hybridized carbons (Fsp3) is 0.375. The van der Waals surface area contributed by atoms with Crippen molar-refractivity contribution in [1.29, 1.82) is 0 Å². The first-order valence-corrected chi connectivity index (χ1v) is 7.81. The third-order valence-corrected chi connectivity index (χ3v) is 4.08. The van der Waals surface area contributed by atoms with Crippen molar-refractivity contribution in [2.24, 2.45) is 0 Å². The second kappa shape index (κ2) is 6.62. The van der Waals surface area contributed by atoms with Gasteiger partial charge in [0, 0.05) is 0 Å². The van der Waals surface area contributed by atoms with Crippen LogP contribution in [0, 0.1) is 6.92 Å². The zero-order valence-electron chi connectivity index (χ0n) is 12.0. The van der Waals surface area contributed by atoms with E-state index in [1.807, 2.05) is 16.8 Å². The minimum atomic E-state index is -4.29. The van der Waals surface area contributed by atoms with Crippen molar-refractivity contribution in [3.8, 4) is 0 Å². The summed E-state index contributed by atoms with van der Waals surface area (Å²) < 4.78 is 38.3. The van der Waals surface area contributed by atoms with Crippen LogP contribution in [-0.4, -0.2) is 6.54 Å². The summed E-state index contributed by atoms with van der Waals surface area (Å²) in [7, 11) is 0. The third-order valence-electron chi connectivity index (χ3n) is 3.38. The summed E-state index contributed by atoms with van der Waals surface area (Å²) in [5.74, 6) is 0. The van der Waals surface area contributed by atoms with Gasteiger partial charge in [0.05, 0.1) is 11.6 Å². The van der Waals surface area contributed by atoms with E-state index in [1.165, 1.54) is 6.07 Å². The number of hydrogen-bond donors (Lipinski definition) is 1. The lowest BCUT2D eigenvalue weighted by molar-refractivity contribution is -0.137. The fourth-order valence-corrected chi connectivity index (χ4v) is 3.00. The summed E-state index contributed by atoms with van der Waals surface area (Å²) in [4.78, 5) is 0. The minimum Gasteiger partial charge on any atom is -0.306 e. The molecule has 0 saturated carbocycles. The maximum Gasteiger partial charge on any atom is 0.416 e. The van der Waals surface area contributed by atoms with Gasteiger partial charge in [-0.05, 0) is 65.5 Å². The second-order valence-corrected chi connectivity index (χ2v) is 5.79. The largest absolute Gasteiger partial charge is 0.416 e. The minimum absolute atomic E-state index is 0.0570. The molecule has 1 N–H and O–H groups in total. The zero-order valence-corrected chi connectivity index (χ0v) is 12.8. The molecule has 1 atom stereocenters. The number of benzene rings is 1. The molecule has 0 amide bonds. The Bertz CT molecular complexity index is 576. The van der Waals surface area contributed by atoms with Crippen LogP contribution in [0.2, 0.25) is 0 Å². The first-order valence-electron chi connectivity index (χ1n) is 6.86. The van der Waals surface area contributed by atoms with Gasteiger partial charge in [-0.25, -0.2) is 0 Å². The number of hydrogen-bond acceptors (Lipinski definition) is 2. The maximum absolute atomic E-state index is 12.8. The molecule has 0 aliphatic rings. The quantitative estimate of drug-likeness (QED) is 0.803. The molecule has 0 radical (unpaired) electrons. The van der Waals surface area contributed by atoms with E-state index >= 15 is 0 Å². The molecule has 0 aliphatic carbocycles. The average Bonchev–Trinajstić information content (AvgIpc) is 2.93. The van der Waals surface area contributed by atoms with Crippen LogP contribution in [0.5, 0.6) is 0 Å². The van der Waals surface area contributed by atoms with Crippen LogP contribution in [0.1, 0.15) is 41.6 Å². The molecular formula is C16H18F3NS. The Morgan fingerprint density at radius 1 is 1.24 bits per heavy atom. The van der Waals surface area contributed by atoms with E-state index in [2.05, 4.69) is 12.2 Å². The topological polar surface area (TPSA) is 12.0 Å². The summed E-state index contributed by atoms with van der Waals surface area (Å²) in [5.41, 5.74) is 2.05. The van der Waals surface area contributed by atoms with Crippen molar-refractivity contribution in [3.05, 3.63) is 57.3 Å². The van der Waals surface area contributed by atoms with E-state index in [0.29, 0.717) is 5.56 Å². The Labute approximate surface area is 126 Å². The van der Waals surface area contributed by atoms with Gasteiger partial charge in [-0.1, -0.05) is 13.0 Å².